The van der Waals surface area contributed by atoms with Gasteiger partial charge in [0.25, 0.3) is 0 Å². The predicted octanol–water partition coefficient (Wildman–Crippen LogP) is 0.828. The number of anilines is 2. The van der Waals surface area contributed by atoms with Crippen LogP contribution in [0.5, 0.6) is 0 Å². The molecule has 0 amide bonds. The Morgan fingerprint density at radius 1 is 1.50 bits per heavy atom. The summed E-state index contributed by atoms with van der Waals surface area (Å²) < 4.78 is 0. The monoisotopic (exact) mass is 192 g/mol. The molecule has 4 heteroatoms. The summed E-state index contributed by atoms with van der Waals surface area (Å²) in [5.74, 6) is 0.910. The third kappa shape index (κ3) is 2.35. The van der Waals surface area contributed by atoms with Crippen molar-refractivity contribution < 1.29 is 0 Å². The van der Waals surface area contributed by atoms with Crippen molar-refractivity contribution in [2.24, 2.45) is 0 Å². The first-order valence-electron chi connectivity index (χ1n) is 5.03. The largest absolute Gasteiger partial charge is 0.397 e. The van der Waals surface area contributed by atoms with E-state index in [2.05, 4.69) is 15.6 Å². The highest BCUT2D eigenvalue weighted by Gasteiger charge is 2.12. The van der Waals surface area contributed by atoms with Gasteiger partial charge in [0.15, 0.2) is 0 Å². The summed E-state index contributed by atoms with van der Waals surface area (Å²) in [5.41, 5.74) is 6.26. The fourth-order valence-electron chi connectivity index (χ4n) is 1.67. The number of rotatable bonds is 2. The van der Waals surface area contributed by atoms with Crippen LogP contribution in [0.1, 0.15) is 12.8 Å². The lowest BCUT2D eigenvalue weighted by atomic mass is 10.1. The molecule has 1 aliphatic heterocycles. The van der Waals surface area contributed by atoms with Gasteiger partial charge < -0.3 is 16.4 Å². The van der Waals surface area contributed by atoms with E-state index in [1.165, 1.54) is 12.8 Å². The van der Waals surface area contributed by atoms with Gasteiger partial charge in [-0.2, -0.15) is 0 Å². The van der Waals surface area contributed by atoms with E-state index in [0.29, 0.717) is 11.7 Å². The number of nitrogens with one attached hydrogen (secondary N) is 2. The maximum atomic E-state index is 5.56. The Hall–Kier alpha value is -1.29. The molecule has 1 unspecified atom stereocenters. The average molecular weight is 192 g/mol. The molecule has 0 spiro atoms. The van der Waals surface area contributed by atoms with Crippen LogP contribution in [0.2, 0.25) is 0 Å². The zero-order valence-corrected chi connectivity index (χ0v) is 8.16. The Kier molecular flexibility index (Phi) is 2.84. The number of hydrogen-bond donors (Lipinski definition) is 3. The van der Waals surface area contributed by atoms with Crippen LogP contribution in [0.25, 0.3) is 0 Å². The summed E-state index contributed by atoms with van der Waals surface area (Å²) in [4.78, 5) is 4.21. The number of piperidine rings is 1. The van der Waals surface area contributed by atoms with Gasteiger partial charge in [0.2, 0.25) is 0 Å². The van der Waals surface area contributed by atoms with Crippen LogP contribution in [0.15, 0.2) is 18.3 Å². The molecule has 4 N–H and O–H groups in total. The van der Waals surface area contributed by atoms with Crippen molar-refractivity contribution in [2.45, 2.75) is 18.9 Å². The van der Waals surface area contributed by atoms with Crippen molar-refractivity contribution >= 4 is 11.5 Å². The zero-order chi connectivity index (χ0) is 9.80. The highest BCUT2D eigenvalue weighted by Crippen LogP contribution is 2.11. The van der Waals surface area contributed by atoms with E-state index in [1.54, 1.807) is 6.20 Å². The molecule has 0 saturated carbocycles. The smallest absolute Gasteiger partial charge is 0.126 e. The Morgan fingerprint density at radius 2 is 2.43 bits per heavy atom. The first kappa shape index (κ1) is 9.27. The van der Waals surface area contributed by atoms with E-state index in [4.69, 9.17) is 5.73 Å². The number of nitrogen functional groups attached to an aromatic ring is 1. The van der Waals surface area contributed by atoms with Crippen molar-refractivity contribution in [3.63, 3.8) is 0 Å². The molecule has 1 atom stereocenters. The number of nitrogens with zero attached hydrogens (tertiary/aromatic N) is 1. The van der Waals surface area contributed by atoms with Gasteiger partial charge in [0.1, 0.15) is 5.82 Å². The maximum Gasteiger partial charge on any atom is 0.126 e. The Bertz CT molecular complexity index is 277. The van der Waals surface area contributed by atoms with Crippen LogP contribution < -0.4 is 16.4 Å². The van der Waals surface area contributed by atoms with Gasteiger partial charge in [-0.15, -0.1) is 0 Å². The summed E-state index contributed by atoms with van der Waals surface area (Å²) in [5, 5.41) is 6.73. The minimum Gasteiger partial charge on any atom is -0.397 e. The van der Waals surface area contributed by atoms with Crippen LogP contribution in [0.3, 0.4) is 0 Å². The Morgan fingerprint density at radius 3 is 3.07 bits per heavy atom. The molecular formula is C10H16N4. The zero-order valence-electron chi connectivity index (χ0n) is 8.16. The fourth-order valence-corrected chi connectivity index (χ4v) is 1.67. The minimum atomic E-state index is 0.500. The normalized spacial score (nSPS) is 21.9. The number of hydrogen-bond acceptors (Lipinski definition) is 4. The summed E-state index contributed by atoms with van der Waals surface area (Å²) in [6, 6.07) is 4.29. The first-order chi connectivity index (χ1) is 6.84. The number of aromatic nitrogens is 1. The molecular weight excluding hydrogens is 176 g/mol. The van der Waals surface area contributed by atoms with Gasteiger partial charge in [-0.3, -0.25) is 0 Å². The molecule has 0 radical (unpaired) electrons. The summed E-state index contributed by atoms with van der Waals surface area (Å²) >= 11 is 0. The molecule has 1 aromatic rings. The van der Waals surface area contributed by atoms with Gasteiger partial charge in [-0.25, -0.2) is 4.98 Å². The molecule has 1 aliphatic rings. The van der Waals surface area contributed by atoms with E-state index < -0.39 is 0 Å². The molecule has 0 aromatic carbocycles. The van der Waals surface area contributed by atoms with E-state index in [9.17, 15) is 0 Å². The molecule has 0 bridgehead atoms. The first-order valence-corrected chi connectivity index (χ1v) is 5.03. The van der Waals surface area contributed by atoms with Crippen LogP contribution >= 0.6 is 0 Å². The molecule has 2 heterocycles. The quantitative estimate of drug-likeness (QED) is 0.649. The standard InChI is InChI=1S/C10H16N4/c11-8-3-4-10(13-6-8)14-9-2-1-5-12-7-9/h3-4,6,9,12H,1-2,5,7,11H2,(H,13,14). The Labute approximate surface area is 83.9 Å². The van der Waals surface area contributed by atoms with E-state index >= 15 is 0 Å². The molecule has 1 fully saturated rings. The minimum absolute atomic E-state index is 0.500. The van der Waals surface area contributed by atoms with E-state index in [1.807, 2.05) is 12.1 Å². The number of nitrogens with two attached hydrogens (primary N) is 1. The SMILES string of the molecule is Nc1ccc(NC2CCCNC2)nc1. The van der Waals surface area contributed by atoms with Crippen LogP contribution in [-0.2, 0) is 0 Å². The lowest BCUT2D eigenvalue weighted by molar-refractivity contribution is 0.479. The van der Waals surface area contributed by atoms with Gasteiger partial charge in [0, 0.05) is 12.6 Å². The van der Waals surface area contributed by atoms with Gasteiger partial charge in [0.05, 0.1) is 11.9 Å². The van der Waals surface area contributed by atoms with Crippen LogP contribution in [0, 0.1) is 0 Å². The van der Waals surface area contributed by atoms with E-state index in [0.717, 1.165) is 18.9 Å². The summed E-state index contributed by atoms with van der Waals surface area (Å²) in [7, 11) is 0. The fraction of sp³-hybridized carbons (Fsp3) is 0.500. The average Bonchev–Trinajstić information content (AvgIpc) is 2.23. The second-order valence-corrected chi connectivity index (χ2v) is 3.66. The second-order valence-electron chi connectivity index (χ2n) is 3.66. The molecule has 0 aliphatic carbocycles. The topological polar surface area (TPSA) is 63.0 Å². The van der Waals surface area contributed by atoms with Crippen LogP contribution in [-0.4, -0.2) is 24.1 Å². The molecule has 1 aromatic heterocycles. The van der Waals surface area contributed by atoms with Crippen molar-refractivity contribution in [1.29, 1.82) is 0 Å². The summed E-state index contributed by atoms with van der Waals surface area (Å²) in [6.07, 6.45) is 4.12. The third-order valence-electron chi connectivity index (χ3n) is 2.44. The van der Waals surface area contributed by atoms with Crippen molar-refractivity contribution in [2.75, 3.05) is 24.1 Å². The lowest BCUT2D eigenvalue weighted by Gasteiger charge is -2.24. The third-order valence-corrected chi connectivity index (χ3v) is 2.44. The number of pyridine rings is 1. The predicted molar refractivity (Wildman–Crippen MR) is 58.2 cm³/mol. The molecule has 1 saturated heterocycles. The van der Waals surface area contributed by atoms with Crippen molar-refractivity contribution in [3.05, 3.63) is 18.3 Å². The highest BCUT2D eigenvalue weighted by atomic mass is 15.1. The van der Waals surface area contributed by atoms with Gasteiger partial charge in [-0.1, -0.05) is 0 Å². The maximum absolute atomic E-state index is 5.56. The molecule has 76 valence electrons. The molecule has 4 nitrogen and oxygen atoms in total. The van der Waals surface area contributed by atoms with Gasteiger partial charge in [-0.05, 0) is 31.5 Å². The molecule has 2 rings (SSSR count). The van der Waals surface area contributed by atoms with Crippen molar-refractivity contribution in [1.82, 2.24) is 10.3 Å². The highest BCUT2D eigenvalue weighted by molar-refractivity contribution is 5.44. The van der Waals surface area contributed by atoms with Gasteiger partial charge >= 0.3 is 0 Å². The van der Waals surface area contributed by atoms with E-state index in [-0.39, 0.29) is 0 Å². The van der Waals surface area contributed by atoms with Crippen molar-refractivity contribution in [3.8, 4) is 0 Å². The summed E-state index contributed by atoms with van der Waals surface area (Å²) in [6.45, 7) is 2.15. The van der Waals surface area contributed by atoms with Crippen LogP contribution in [0.4, 0.5) is 11.5 Å². The second kappa shape index (κ2) is 4.28. The Balaban J connectivity index is 1.92. The lowest BCUT2D eigenvalue weighted by Crippen LogP contribution is -2.38. The molecule has 14 heavy (non-hydrogen) atoms.